The van der Waals surface area contributed by atoms with Crippen molar-refractivity contribution in [1.29, 1.82) is 0 Å². The minimum Gasteiger partial charge on any atom is -0.356 e. The monoisotopic (exact) mass is 574 g/mol. The van der Waals surface area contributed by atoms with Gasteiger partial charge in [0.25, 0.3) is 0 Å². The quantitative estimate of drug-likeness (QED) is 0.161. The zero-order valence-corrected chi connectivity index (χ0v) is 25.3. The van der Waals surface area contributed by atoms with Gasteiger partial charge in [0.1, 0.15) is 0 Å². The molecule has 0 saturated carbocycles. The Balaban J connectivity index is 1.15. The molecule has 6 aromatic carbocycles. The van der Waals surface area contributed by atoms with E-state index < -0.39 is 0 Å². The van der Waals surface area contributed by atoms with Gasteiger partial charge in [-0.3, -0.25) is 0 Å². The Morgan fingerprint density at radius 1 is 0.409 bits per heavy atom. The summed E-state index contributed by atoms with van der Waals surface area (Å²) in [4.78, 5) is 4.64. The standard InChI is InChI=1S/C40H38N4/c1-3-30-43(36-24-18-33(19-25-36)41-32-16-14-31(2)15-17-32)37-26-20-34(21-27-37)42-35-22-28-40(29-23-35)44(38-10-6-4-7-11-38)39-12-8-5-9-13-39/h4-29,41-42H,3,30H2,1-2H3. The predicted molar refractivity (Wildman–Crippen MR) is 189 cm³/mol. The number of hydrogen-bond acceptors (Lipinski definition) is 4. The highest BCUT2D eigenvalue weighted by Gasteiger charge is 2.12. The van der Waals surface area contributed by atoms with Gasteiger partial charge in [-0.1, -0.05) is 61.0 Å². The van der Waals surface area contributed by atoms with E-state index in [9.17, 15) is 0 Å². The molecule has 0 aromatic heterocycles. The maximum atomic E-state index is 3.58. The van der Waals surface area contributed by atoms with Gasteiger partial charge in [-0.25, -0.2) is 0 Å². The molecule has 4 nitrogen and oxygen atoms in total. The van der Waals surface area contributed by atoms with Gasteiger partial charge in [-0.05, 0) is 123 Å². The SMILES string of the molecule is CCCN(c1ccc(Nc2ccc(C)cc2)cc1)c1ccc(Nc2ccc(N(c3ccccc3)c3ccccc3)cc2)cc1. The van der Waals surface area contributed by atoms with Crippen molar-refractivity contribution in [3.8, 4) is 0 Å². The highest BCUT2D eigenvalue weighted by Crippen LogP contribution is 2.35. The Hall–Kier alpha value is -5.48. The van der Waals surface area contributed by atoms with Crippen molar-refractivity contribution >= 4 is 51.2 Å². The van der Waals surface area contributed by atoms with Crippen LogP contribution in [0.2, 0.25) is 0 Å². The summed E-state index contributed by atoms with van der Waals surface area (Å²) >= 11 is 0. The number of nitrogens with zero attached hydrogens (tertiary/aromatic N) is 2. The van der Waals surface area contributed by atoms with E-state index in [4.69, 9.17) is 0 Å². The van der Waals surface area contributed by atoms with Crippen molar-refractivity contribution in [2.75, 3.05) is 27.0 Å². The topological polar surface area (TPSA) is 30.5 Å². The molecule has 0 aliphatic carbocycles. The lowest BCUT2D eigenvalue weighted by atomic mass is 10.1. The third-order valence-corrected chi connectivity index (χ3v) is 7.59. The van der Waals surface area contributed by atoms with E-state index in [-0.39, 0.29) is 0 Å². The molecule has 0 amide bonds. The molecule has 0 radical (unpaired) electrons. The maximum Gasteiger partial charge on any atom is 0.0463 e. The van der Waals surface area contributed by atoms with Gasteiger partial charge in [0.2, 0.25) is 0 Å². The summed E-state index contributed by atoms with van der Waals surface area (Å²) in [5.41, 5.74) is 11.3. The summed E-state index contributed by atoms with van der Waals surface area (Å²) in [7, 11) is 0. The zero-order chi connectivity index (χ0) is 30.1. The van der Waals surface area contributed by atoms with Crippen LogP contribution >= 0.6 is 0 Å². The van der Waals surface area contributed by atoms with Crippen LogP contribution < -0.4 is 20.4 Å². The third-order valence-electron chi connectivity index (χ3n) is 7.59. The summed E-state index contributed by atoms with van der Waals surface area (Å²) < 4.78 is 0. The molecule has 0 aliphatic heterocycles. The van der Waals surface area contributed by atoms with Gasteiger partial charge in [-0.15, -0.1) is 0 Å². The first kappa shape index (κ1) is 28.6. The number of nitrogens with one attached hydrogen (secondary N) is 2. The van der Waals surface area contributed by atoms with Crippen LogP contribution in [0.5, 0.6) is 0 Å². The highest BCUT2D eigenvalue weighted by atomic mass is 15.1. The van der Waals surface area contributed by atoms with E-state index in [2.05, 4.69) is 180 Å². The second kappa shape index (κ2) is 13.7. The fourth-order valence-corrected chi connectivity index (χ4v) is 5.35. The lowest BCUT2D eigenvalue weighted by Gasteiger charge is -2.26. The molecular formula is C40H38N4. The van der Waals surface area contributed by atoms with Crippen molar-refractivity contribution in [3.05, 3.63) is 163 Å². The van der Waals surface area contributed by atoms with E-state index >= 15 is 0 Å². The van der Waals surface area contributed by atoms with Crippen LogP contribution in [0.25, 0.3) is 0 Å². The third kappa shape index (κ3) is 6.93. The second-order valence-electron chi connectivity index (χ2n) is 10.9. The lowest BCUT2D eigenvalue weighted by Crippen LogP contribution is -2.17. The first-order chi connectivity index (χ1) is 21.7. The minimum absolute atomic E-state index is 0.943. The van der Waals surface area contributed by atoms with Crippen LogP contribution in [0.1, 0.15) is 18.9 Å². The molecule has 0 atom stereocenters. The number of anilines is 9. The molecular weight excluding hydrogens is 536 g/mol. The summed E-state index contributed by atoms with van der Waals surface area (Å²) in [6, 6.07) is 55.4. The lowest BCUT2D eigenvalue weighted by molar-refractivity contribution is 0.886. The highest BCUT2D eigenvalue weighted by molar-refractivity contribution is 5.78. The van der Waals surface area contributed by atoms with Crippen molar-refractivity contribution < 1.29 is 0 Å². The van der Waals surface area contributed by atoms with Gasteiger partial charge in [-0.2, -0.15) is 0 Å². The van der Waals surface area contributed by atoms with Gasteiger partial charge in [0.15, 0.2) is 0 Å². The van der Waals surface area contributed by atoms with E-state index in [0.29, 0.717) is 0 Å². The predicted octanol–water partition coefficient (Wildman–Crippen LogP) is 11.5. The molecule has 218 valence electrons. The van der Waals surface area contributed by atoms with Gasteiger partial charge in [0, 0.05) is 57.7 Å². The van der Waals surface area contributed by atoms with Crippen LogP contribution in [0.15, 0.2) is 158 Å². The molecule has 0 saturated heterocycles. The van der Waals surface area contributed by atoms with Gasteiger partial charge >= 0.3 is 0 Å². The van der Waals surface area contributed by atoms with Crippen molar-refractivity contribution in [3.63, 3.8) is 0 Å². The average molecular weight is 575 g/mol. The van der Waals surface area contributed by atoms with Crippen LogP contribution in [0.4, 0.5) is 51.2 Å². The van der Waals surface area contributed by atoms with E-state index in [1.54, 1.807) is 0 Å². The number of hydrogen-bond donors (Lipinski definition) is 2. The fourth-order valence-electron chi connectivity index (χ4n) is 5.35. The van der Waals surface area contributed by atoms with Gasteiger partial charge in [0.05, 0.1) is 0 Å². The molecule has 6 aromatic rings. The molecule has 2 N–H and O–H groups in total. The van der Waals surface area contributed by atoms with Gasteiger partial charge < -0.3 is 20.4 Å². The van der Waals surface area contributed by atoms with Crippen molar-refractivity contribution in [2.45, 2.75) is 20.3 Å². The number of aryl methyl sites for hydroxylation is 1. The Kier molecular flexibility index (Phi) is 8.89. The molecule has 0 bridgehead atoms. The Morgan fingerprint density at radius 3 is 1.14 bits per heavy atom. The normalized spacial score (nSPS) is 10.7. The molecule has 6 rings (SSSR count). The number of benzene rings is 6. The molecule has 0 fully saturated rings. The fraction of sp³-hybridized carbons (Fsp3) is 0.100. The van der Waals surface area contributed by atoms with Crippen LogP contribution in [-0.2, 0) is 0 Å². The van der Waals surface area contributed by atoms with Crippen LogP contribution in [-0.4, -0.2) is 6.54 Å². The first-order valence-corrected chi connectivity index (χ1v) is 15.2. The van der Waals surface area contributed by atoms with Crippen molar-refractivity contribution in [2.24, 2.45) is 0 Å². The molecule has 4 heteroatoms. The zero-order valence-electron chi connectivity index (χ0n) is 25.3. The largest absolute Gasteiger partial charge is 0.356 e. The molecule has 0 heterocycles. The summed E-state index contributed by atoms with van der Waals surface area (Å²) in [6.45, 7) is 5.27. The Labute approximate surface area is 261 Å². The minimum atomic E-state index is 0.943. The Morgan fingerprint density at radius 2 is 0.750 bits per heavy atom. The van der Waals surface area contributed by atoms with Crippen LogP contribution in [0.3, 0.4) is 0 Å². The molecule has 0 aliphatic rings. The van der Waals surface area contributed by atoms with Crippen molar-refractivity contribution in [1.82, 2.24) is 0 Å². The smallest absolute Gasteiger partial charge is 0.0463 e. The number of rotatable bonds is 11. The van der Waals surface area contributed by atoms with Crippen LogP contribution in [0, 0.1) is 6.92 Å². The maximum absolute atomic E-state index is 3.58. The molecule has 0 unspecified atom stereocenters. The molecule has 0 spiro atoms. The van der Waals surface area contributed by atoms with E-state index in [1.807, 2.05) is 12.1 Å². The molecule has 44 heavy (non-hydrogen) atoms. The van der Waals surface area contributed by atoms with E-state index in [1.165, 1.54) is 16.9 Å². The second-order valence-corrected chi connectivity index (χ2v) is 10.9. The first-order valence-electron chi connectivity index (χ1n) is 15.2. The van der Waals surface area contributed by atoms with E-state index in [0.717, 1.165) is 52.8 Å². The Bertz CT molecular complexity index is 1690. The number of para-hydroxylation sites is 2. The average Bonchev–Trinajstić information content (AvgIpc) is 3.08. The summed E-state index contributed by atoms with van der Waals surface area (Å²) in [5, 5.41) is 7.07. The summed E-state index contributed by atoms with van der Waals surface area (Å²) in [6.07, 6.45) is 1.05. The summed E-state index contributed by atoms with van der Waals surface area (Å²) in [5.74, 6) is 0.